The van der Waals surface area contributed by atoms with Crippen molar-refractivity contribution >= 4 is 45.6 Å². The number of halogens is 2. The quantitative estimate of drug-likeness (QED) is 0.725. The van der Waals surface area contributed by atoms with E-state index in [-0.39, 0.29) is 0 Å². The summed E-state index contributed by atoms with van der Waals surface area (Å²) in [6.45, 7) is 2.04. The molecule has 3 rings (SSSR count). The predicted molar refractivity (Wildman–Crippen MR) is 84.0 cm³/mol. The molecule has 1 heterocycles. The molecular formula is C15H11Cl2N3. The molecule has 5 heteroatoms. The summed E-state index contributed by atoms with van der Waals surface area (Å²) in [4.78, 5) is 8.56. The summed E-state index contributed by atoms with van der Waals surface area (Å²) in [6, 6.07) is 11.4. The van der Waals surface area contributed by atoms with Crippen molar-refractivity contribution in [1.29, 1.82) is 0 Å². The monoisotopic (exact) mass is 303 g/mol. The number of rotatable bonds is 2. The Balaban J connectivity index is 2.05. The molecule has 0 radical (unpaired) electrons. The number of anilines is 2. The molecule has 0 atom stereocenters. The van der Waals surface area contributed by atoms with Crippen molar-refractivity contribution in [2.75, 3.05) is 5.32 Å². The number of hydrogen-bond acceptors (Lipinski definition) is 3. The van der Waals surface area contributed by atoms with Gasteiger partial charge < -0.3 is 5.32 Å². The van der Waals surface area contributed by atoms with Gasteiger partial charge in [0, 0.05) is 11.1 Å². The minimum Gasteiger partial charge on any atom is -0.340 e. The summed E-state index contributed by atoms with van der Waals surface area (Å²) in [6.07, 6.45) is 1.54. The molecule has 0 amide bonds. The van der Waals surface area contributed by atoms with E-state index in [0.29, 0.717) is 10.0 Å². The molecule has 3 aromatic rings. The minimum atomic E-state index is 0.506. The zero-order valence-electron chi connectivity index (χ0n) is 10.7. The van der Waals surface area contributed by atoms with Crippen LogP contribution in [0.25, 0.3) is 10.9 Å². The van der Waals surface area contributed by atoms with E-state index in [2.05, 4.69) is 21.4 Å². The third-order valence-corrected chi connectivity index (χ3v) is 3.71. The smallest absolute Gasteiger partial charge is 0.141 e. The van der Waals surface area contributed by atoms with Gasteiger partial charge in [0.15, 0.2) is 0 Å². The lowest BCUT2D eigenvalue weighted by molar-refractivity contribution is 1.21. The largest absolute Gasteiger partial charge is 0.340 e. The van der Waals surface area contributed by atoms with Gasteiger partial charge in [0.2, 0.25) is 0 Å². The number of hydrogen-bond donors (Lipinski definition) is 1. The van der Waals surface area contributed by atoms with Crippen LogP contribution in [0.3, 0.4) is 0 Å². The van der Waals surface area contributed by atoms with E-state index < -0.39 is 0 Å². The maximum Gasteiger partial charge on any atom is 0.141 e. The number of fused-ring (bicyclic) bond motifs is 1. The Hall–Kier alpha value is -1.84. The highest BCUT2D eigenvalue weighted by atomic mass is 35.5. The molecule has 0 unspecified atom stereocenters. The van der Waals surface area contributed by atoms with Gasteiger partial charge in [-0.1, -0.05) is 34.8 Å². The van der Waals surface area contributed by atoms with Crippen LogP contribution in [0.1, 0.15) is 5.56 Å². The van der Waals surface area contributed by atoms with E-state index in [9.17, 15) is 0 Å². The molecule has 0 aliphatic heterocycles. The fraction of sp³-hybridized carbons (Fsp3) is 0.0667. The van der Waals surface area contributed by atoms with Gasteiger partial charge in [0.1, 0.15) is 12.1 Å². The van der Waals surface area contributed by atoms with E-state index in [1.165, 1.54) is 6.33 Å². The minimum absolute atomic E-state index is 0.506. The maximum absolute atomic E-state index is 6.02. The lowest BCUT2D eigenvalue weighted by atomic mass is 10.1. The summed E-state index contributed by atoms with van der Waals surface area (Å²) >= 11 is 11.9. The first-order valence-corrected chi connectivity index (χ1v) is 6.82. The van der Waals surface area contributed by atoms with Gasteiger partial charge in [-0.3, -0.25) is 0 Å². The van der Waals surface area contributed by atoms with Crippen molar-refractivity contribution in [1.82, 2.24) is 9.97 Å². The third-order valence-electron chi connectivity index (χ3n) is 2.97. The van der Waals surface area contributed by atoms with Gasteiger partial charge >= 0.3 is 0 Å². The average molecular weight is 304 g/mol. The molecule has 0 aliphatic rings. The molecule has 0 spiro atoms. The Morgan fingerprint density at radius 2 is 1.80 bits per heavy atom. The predicted octanol–water partition coefficient (Wildman–Crippen LogP) is 4.99. The first-order valence-electron chi connectivity index (χ1n) is 6.07. The lowest BCUT2D eigenvalue weighted by Crippen LogP contribution is -1.96. The summed E-state index contributed by atoms with van der Waals surface area (Å²) in [5, 5.41) is 5.25. The number of nitrogens with one attached hydrogen (secondary N) is 1. The van der Waals surface area contributed by atoms with Crippen LogP contribution in [0.15, 0.2) is 42.7 Å². The first-order chi connectivity index (χ1) is 9.63. The second-order valence-corrected chi connectivity index (χ2v) is 5.31. The second-order valence-electron chi connectivity index (χ2n) is 4.50. The van der Waals surface area contributed by atoms with Crippen LogP contribution in [0.5, 0.6) is 0 Å². The zero-order valence-corrected chi connectivity index (χ0v) is 12.2. The van der Waals surface area contributed by atoms with Crippen LogP contribution in [0.4, 0.5) is 11.5 Å². The van der Waals surface area contributed by atoms with Crippen LogP contribution in [-0.2, 0) is 0 Å². The van der Waals surface area contributed by atoms with Crippen molar-refractivity contribution in [3.8, 4) is 0 Å². The topological polar surface area (TPSA) is 37.8 Å². The van der Waals surface area contributed by atoms with E-state index >= 15 is 0 Å². The van der Waals surface area contributed by atoms with Gasteiger partial charge in [-0.25, -0.2) is 9.97 Å². The molecule has 0 saturated heterocycles. The molecule has 0 saturated carbocycles. The van der Waals surface area contributed by atoms with Gasteiger partial charge in [0.25, 0.3) is 0 Å². The Kier molecular flexibility index (Phi) is 3.47. The fourth-order valence-electron chi connectivity index (χ4n) is 1.98. The first kappa shape index (κ1) is 13.2. The summed E-state index contributed by atoms with van der Waals surface area (Å²) in [5.41, 5.74) is 2.89. The van der Waals surface area contributed by atoms with Crippen molar-refractivity contribution in [2.45, 2.75) is 6.92 Å². The normalized spacial score (nSPS) is 10.8. The third kappa shape index (κ3) is 2.55. The van der Waals surface area contributed by atoms with Crippen LogP contribution in [-0.4, -0.2) is 9.97 Å². The van der Waals surface area contributed by atoms with Crippen LogP contribution in [0, 0.1) is 6.92 Å². The highest BCUT2D eigenvalue weighted by Crippen LogP contribution is 2.28. The zero-order chi connectivity index (χ0) is 14.1. The maximum atomic E-state index is 6.02. The summed E-state index contributed by atoms with van der Waals surface area (Å²) < 4.78 is 0. The van der Waals surface area contributed by atoms with Crippen molar-refractivity contribution in [2.24, 2.45) is 0 Å². The fourth-order valence-corrected chi connectivity index (χ4v) is 2.28. The number of aromatic nitrogens is 2. The Morgan fingerprint density at radius 3 is 2.60 bits per heavy atom. The molecule has 1 aromatic heterocycles. The second kappa shape index (κ2) is 5.27. The average Bonchev–Trinajstić information content (AvgIpc) is 2.44. The standard InChI is InChI=1S/C15H11Cl2N3/c1-9-2-5-14-11(6-9)15(19-8-18-14)20-10-3-4-12(16)13(17)7-10/h2-8H,1H3,(H,18,19,20). The molecular weight excluding hydrogens is 293 g/mol. The molecule has 1 N–H and O–H groups in total. The molecule has 0 aliphatic carbocycles. The van der Waals surface area contributed by atoms with Gasteiger partial charge in [0.05, 0.1) is 15.6 Å². The van der Waals surface area contributed by atoms with E-state index in [4.69, 9.17) is 23.2 Å². The molecule has 0 bridgehead atoms. The van der Waals surface area contributed by atoms with Crippen LogP contribution in [0.2, 0.25) is 10.0 Å². The molecule has 3 nitrogen and oxygen atoms in total. The van der Waals surface area contributed by atoms with Crippen molar-refractivity contribution < 1.29 is 0 Å². The van der Waals surface area contributed by atoms with Crippen LogP contribution < -0.4 is 5.32 Å². The van der Waals surface area contributed by atoms with Gasteiger partial charge in [-0.15, -0.1) is 0 Å². The Labute approximate surface area is 126 Å². The number of benzene rings is 2. The summed E-state index contributed by atoms with van der Waals surface area (Å²) in [7, 11) is 0. The van der Waals surface area contributed by atoms with Crippen molar-refractivity contribution in [3.63, 3.8) is 0 Å². The Morgan fingerprint density at radius 1 is 0.950 bits per heavy atom. The number of nitrogens with zero attached hydrogens (tertiary/aromatic N) is 2. The summed E-state index contributed by atoms with van der Waals surface area (Å²) in [5.74, 6) is 0.747. The Bertz CT molecular complexity index is 787. The molecule has 20 heavy (non-hydrogen) atoms. The molecule has 100 valence electrons. The van der Waals surface area contributed by atoms with E-state index in [0.717, 1.165) is 28.0 Å². The SMILES string of the molecule is Cc1ccc2ncnc(Nc3ccc(Cl)c(Cl)c3)c2c1. The van der Waals surface area contributed by atoms with Gasteiger partial charge in [-0.05, 0) is 37.3 Å². The lowest BCUT2D eigenvalue weighted by Gasteiger charge is -2.09. The van der Waals surface area contributed by atoms with Crippen molar-refractivity contribution in [3.05, 3.63) is 58.3 Å². The molecule has 2 aromatic carbocycles. The van der Waals surface area contributed by atoms with Crippen LogP contribution >= 0.6 is 23.2 Å². The van der Waals surface area contributed by atoms with E-state index in [1.807, 2.05) is 25.1 Å². The number of aryl methyl sites for hydroxylation is 1. The highest BCUT2D eigenvalue weighted by molar-refractivity contribution is 6.42. The molecule has 0 fully saturated rings. The highest BCUT2D eigenvalue weighted by Gasteiger charge is 2.05. The van der Waals surface area contributed by atoms with Gasteiger partial charge in [-0.2, -0.15) is 0 Å². The van der Waals surface area contributed by atoms with E-state index in [1.54, 1.807) is 12.1 Å².